The van der Waals surface area contributed by atoms with E-state index in [1.807, 2.05) is 42.5 Å². The van der Waals surface area contributed by atoms with Crippen LogP contribution in [0.2, 0.25) is 0 Å². The Bertz CT molecular complexity index is 854. The van der Waals surface area contributed by atoms with Crippen molar-refractivity contribution in [2.24, 2.45) is 0 Å². The Kier molecular flexibility index (Phi) is 5.26. The molecule has 0 saturated carbocycles. The van der Waals surface area contributed by atoms with Crippen molar-refractivity contribution in [3.63, 3.8) is 0 Å². The minimum atomic E-state index is 0.0720. The van der Waals surface area contributed by atoms with Gasteiger partial charge < -0.3 is 9.84 Å². The average Bonchev–Trinajstić information content (AvgIpc) is 2.59. The Morgan fingerprint density at radius 3 is 2.57 bits per heavy atom. The molecule has 1 aromatic heterocycles. The molecule has 0 fully saturated rings. The fourth-order valence-electron chi connectivity index (χ4n) is 2.63. The fraction of sp³-hybridized carbons (Fsp3) is 0.316. The molecule has 120 valence electrons. The first-order valence-electron chi connectivity index (χ1n) is 7.99. The van der Waals surface area contributed by atoms with E-state index in [0.29, 0.717) is 6.61 Å². The molecule has 0 amide bonds. The van der Waals surface area contributed by atoms with Gasteiger partial charge in [0.1, 0.15) is 5.75 Å². The van der Waals surface area contributed by atoms with Crippen LogP contribution >= 0.6 is 11.3 Å². The number of aliphatic hydroxyl groups excluding tert-OH is 1. The van der Waals surface area contributed by atoms with Crippen molar-refractivity contribution in [1.82, 2.24) is 0 Å². The highest BCUT2D eigenvalue weighted by Crippen LogP contribution is 2.27. The number of rotatable bonds is 7. The van der Waals surface area contributed by atoms with Gasteiger partial charge in [-0.3, -0.25) is 4.79 Å². The van der Waals surface area contributed by atoms with Crippen molar-refractivity contribution in [1.29, 1.82) is 0 Å². The third kappa shape index (κ3) is 3.71. The van der Waals surface area contributed by atoms with Crippen LogP contribution in [0.15, 0.2) is 47.3 Å². The molecule has 1 N–H and O–H groups in total. The van der Waals surface area contributed by atoms with Crippen LogP contribution in [-0.2, 0) is 0 Å². The first-order chi connectivity index (χ1) is 11.3. The van der Waals surface area contributed by atoms with E-state index in [1.165, 1.54) is 0 Å². The van der Waals surface area contributed by atoms with Crippen LogP contribution < -0.4 is 10.2 Å². The Morgan fingerprint density at radius 2 is 1.70 bits per heavy atom. The van der Waals surface area contributed by atoms with Gasteiger partial charge in [0.2, 0.25) is 0 Å². The van der Waals surface area contributed by atoms with Gasteiger partial charge in [-0.2, -0.15) is 0 Å². The molecule has 0 spiro atoms. The normalized spacial score (nSPS) is 11.2. The largest absolute Gasteiger partial charge is 0.494 e. The van der Waals surface area contributed by atoms with Gasteiger partial charge in [0.05, 0.1) is 6.61 Å². The van der Waals surface area contributed by atoms with Gasteiger partial charge in [-0.25, -0.2) is 0 Å². The molecule has 3 nitrogen and oxygen atoms in total. The molecule has 0 aliphatic heterocycles. The average molecular weight is 328 g/mol. The third-order valence-electron chi connectivity index (χ3n) is 3.87. The smallest absolute Gasteiger partial charge is 0.196 e. The monoisotopic (exact) mass is 328 g/mol. The summed E-state index contributed by atoms with van der Waals surface area (Å²) in [6.07, 6.45) is 3.89. The lowest BCUT2D eigenvalue weighted by molar-refractivity contribution is 0.273. The summed E-state index contributed by atoms with van der Waals surface area (Å²) in [5, 5.41) is 10.2. The molecule has 0 radical (unpaired) electrons. The molecule has 0 bridgehead atoms. The molecule has 23 heavy (non-hydrogen) atoms. The van der Waals surface area contributed by atoms with E-state index in [9.17, 15) is 4.79 Å². The highest BCUT2D eigenvalue weighted by atomic mass is 32.1. The zero-order chi connectivity index (χ0) is 16.1. The van der Waals surface area contributed by atoms with Crippen molar-refractivity contribution >= 4 is 31.5 Å². The van der Waals surface area contributed by atoms with Crippen LogP contribution in [0.3, 0.4) is 0 Å². The lowest BCUT2D eigenvalue weighted by Crippen LogP contribution is -2.02. The molecular weight excluding hydrogens is 308 g/mol. The van der Waals surface area contributed by atoms with E-state index >= 15 is 0 Å². The highest BCUT2D eigenvalue weighted by Gasteiger charge is 2.06. The minimum Gasteiger partial charge on any atom is -0.494 e. The summed E-state index contributed by atoms with van der Waals surface area (Å²) in [4.78, 5) is 12.6. The molecule has 3 aromatic rings. The molecule has 0 atom stereocenters. The van der Waals surface area contributed by atoms with Crippen LogP contribution in [0, 0.1) is 0 Å². The van der Waals surface area contributed by atoms with Crippen LogP contribution in [0.5, 0.6) is 5.75 Å². The number of benzene rings is 2. The Morgan fingerprint density at radius 1 is 0.913 bits per heavy atom. The molecule has 0 saturated heterocycles. The molecule has 1 heterocycles. The standard InChI is InChI=1S/C19H20O3S/c20-11-5-1-2-6-12-22-14-9-10-18-16(13-14)19(21)15-7-3-4-8-17(15)23-18/h3-4,7-10,13,20H,1-2,5-6,11-12H2. The summed E-state index contributed by atoms with van der Waals surface area (Å²) in [5.74, 6) is 0.749. The van der Waals surface area contributed by atoms with E-state index < -0.39 is 0 Å². The molecule has 4 heteroatoms. The van der Waals surface area contributed by atoms with Crippen LogP contribution in [0.1, 0.15) is 25.7 Å². The molecule has 0 aliphatic rings. The number of fused-ring (bicyclic) bond motifs is 2. The Hall–Kier alpha value is -1.91. The van der Waals surface area contributed by atoms with E-state index in [-0.39, 0.29) is 12.0 Å². The number of unbranched alkanes of at least 4 members (excludes halogenated alkanes) is 3. The quantitative estimate of drug-likeness (QED) is 0.518. The van der Waals surface area contributed by atoms with Crippen molar-refractivity contribution < 1.29 is 9.84 Å². The molecular formula is C19H20O3S. The first kappa shape index (κ1) is 16.0. The predicted molar refractivity (Wildman–Crippen MR) is 96.6 cm³/mol. The van der Waals surface area contributed by atoms with Crippen LogP contribution in [-0.4, -0.2) is 18.3 Å². The zero-order valence-electron chi connectivity index (χ0n) is 13.0. The van der Waals surface area contributed by atoms with Gasteiger partial charge >= 0.3 is 0 Å². The van der Waals surface area contributed by atoms with Crippen LogP contribution in [0.4, 0.5) is 0 Å². The van der Waals surface area contributed by atoms with E-state index in [4.69, 9.17) is 9.84 Å². The SMILES string of the molecule is O=c1c2ccccc2sc2ccc(OCCCCCCO)cc12. The van der Waals surface area contributed by atoms with Crippen molar-refractivity contribution in [2.45, 2.75) is 25.7 Å². The van der Waals surface area contributed by atoms with Gasteiger partial charge in [-0.05, 0) is 49.6 Å². The molecule has 2 aromatic carbocycles. The number of ether oxygens (including phenoxy) is 1. The summed E-state index contributed by atoms with van der Waals surface area (Å²) in [5.41, 5.74) is 0.0720. The second-order valence-corrected chi connectivity index (χ2v) is 6.66. The zero-order valence-corrected chi connectivity index (χ0v) is 13.8. The van der Waals surface area contributed by atoms with Crippen molar-refractivity contribution in [3.05, 3.63) is 52.7 Å². The predicted octanol–water partition coefficient (Wildman–Crippen LogP) is 4.35. The molecule has 0 aliphatic carbocycles. The van der Waals surface area contributed by atoms with E-state index in [1.54, 1.807) is 11.3 Å². The van der Waals surface area contributed by atoms with Gasteiger partial charge in [0.25, 0.3) is 0 Å². The van der Waals surface area contributed by atoms with E-state index in [0.717, 1.165) is 51.6 Å². The minimum absolute atomic E-state index is 0.0720. The van der Waals surface area contributed by atoms with Crippen LogP contribution in [0.25, 0.3) is 20.2 Å². The maximum atomic E-state index is 12.6. The Balaban J connectivity index is 1.77. The topological polar surface area (TPSA) is 46.5 Å². The molecule has 0 unspecified atom stereocenters. The number of hydrogen-bond acceptors (Lipinski definition) is 4. The summed E-state index contributed by atoms with van der Waals surface area (Å²) >= 11 is 1.63. The lowest BCUT2D eigenvalue weighted by Gasteiger charge is -2.07. The highest BCUT2D eigenvalue weighted by molar-refractivity contribution is 7.24. The van der Waals surface area contributed by atoms with Gasteiger partial charge in [0, 0.05) is 26.8 Å². The fourth-order valence-corrected chi connectivity index (χ4v) is 3.68. The van der Waals surface area contributed by atoms with Crippen molar-refractivity contribution in [2.75, 3.05) is 13.2 Å². The summed E-state index contributed by atoms with van der Waals surface area (Å²) in [6, 6.07) is 13.5. The first-order valence-corrected chi connectivity index (χ1v) is 8.80. The summed E-state index contributed by atoms with van der Waals surface area (Å²) in [6.45, 7) is 0.898. The number of aliphatic hydroxyl groups is 1. The lowest BCUT2D eigenvalue weighted by atomic mass is 10.2. The summed E-state index contributed by atoms with van der Waals surface area (Å²) < 4.78 is 7.77. The van der Waals surface area contributed by atoms with Gasteiger partial charge in [-0.15, -0.1) is 11.3 Å². The Labute approximate surface area is 139 Å². The molecule has 3 rings (SSSR count). The van der Waals surface area contributed by atoms with Crippen molar-refractivity contribution in [3.8, 4) is 5.75 Å². The van der Waals surface area contributed by atoms with Gasteiger partial charge in [-0.1, -0.05) is 18.6 Å². The van der Waals surface area contributed by atoms with Gasteiger partial charge in [0.15, 0.2) is 5.43 Å². The third-order valence-corrected chi connectivity index (χ3v) is 5.02. The number of hydrogen-bond donors (Lipinski definition) is 1. The second-order valence-electron chi connectivity index (χ2n) is 5.57. The van der Waals surface area contributed by atoms with E-state index in [2.05, 4.69) is 0 Å². The maximum absolute atomic E-state index is 12.6. The summed E-state index contributed by atoms with van der Waals surface area (Å²) in [7, 11) is 0. The second kappa shape index (κ2) is 7.57. The maximum Gasteiger partial charge on any atom is 0.196 e.